The van der Waals surface area contributed by atoms with Crippen LogP contribution >= 0.6 is 0 Å². The van der Waals surface area contributed by atoms with E-state index in [-0.39, 0.29) is 12.2 Å². The number of phenolic OH excluding ortho intramolecular Hbond substituents is 1. The Morgan fingerprint density at radius 3 is 2.87 bits per heavy atom. The fourth-order valence-corrected chi connectivity index (χ4v) is 0.954. The van der Waals surface area contributed by atoms with Crippen LogP contribution in [0.3, 0.4) is 0 Å². The summed E-state index contributed by atoms with van der Waals surface area (Å²) in [5, 5.41) is 9.36. The van der Waals surface area contributed by atoms with Gasteiger partial charge >= 0.3 is 0 Å². The number of carbonyl (C=O) groups excluding carboxylic acids is 2. The summed E-state index contributed by atoms with van der Waals surface area (Å²) in [6.07, 6.45) is 0.573. The van der Waals surface area contributed by atoms with Crippen LogP contribution in [0.15, 0.2) is 18.2 Å². The average Bonchev–Trinajstić information content (AvgIpc) is 2.20. The number of hydrogen-bond acceptors (Lipinski definition) is 3. The van der Waals surface area contributed by atoms with E-state index in [4.69, 9.17) is 5.73 Å². The molecule has 3 N–H and O–H groups in total. The third kappa shape index (κ3) is 3.16. The number of phenols is 1. The molecule has 4 heteroatoms. The summed E-state index contributed by atoms with van der Waals surface area (Å²) in [4.78, 5) is 20.8. The lowest BCUT2D eigenvalue weighted by Gasteiger charge is -1.96. The van der Waals surface area contributed by atoms with Gasteiger partial charge in [0.05, 0.1) is 12.0 Å². The van der Waals surface area contributed by atoms with Gasteiger partial charge in [0.25, 0.3) is 0 Å². The molecule has 0 unspecified atom stereocenters. The Morgan fingerprint density at radius 1 is 1.53 bits per heavy atom. The number of aromatic hydroxyl groups is 1. The molecule has 15 heavy (non-hydrogen) atoms. The van der Waals surface area contributed by atoms with Crippen molar-refractivity contribution in [3.63, 3.8) is 0 Å². The van der Waals surface area contributed by atoms with Gasteiger partial charge in [-0.2, -0.15) is 0 Å². The zero-order chi connectivity index (χ0) is 11.3. The molecule has 0 fully saturated rings. The molecular weight excluding hydrogens is 194 g/mol. The molecule has 1 rings (SSSR count). The topological polar surface area (TPSA) is 80.4 Å². The van der Waals surface area contributed by atoms with E-state index < -0.39 is 5.91 Å². The minimum absolute atomic E-state index is 0.0300. The molecule has 0 saturated heterocycles. The van der Waals surface area contributed by atoms with E-state index in [1.165, 1.54) is 18.2 Å². The van der Waals surface area contributed by atoms with Crippen molar-refractivity contribution in [2.24, 2.45) is 5.73 Å². The Morgan fingerprint density at radius 2 is 2.27 bits per heavy atom. The van der Waals surface area contributed by atoms with Crippen LogP contribution in [0.2, 0.25) is 0 Å². The van der Waals surface area contributed by atoms with E-state index in [9.17, 15) is 14.7 Å². The van der Waals surface area contributed by atoms with E-state index in [1.807, 2.05) is 0 Å². The van der Waals surface area contributed by atoms with Crippen LogP contribution in [0.4, 0.5) is 0 Å². The lowest BCUT2D eigenvalue weighted by atomic mass is 10.1. The van der Waals surface area contributed by atoms with E-state index in [2.05, 4.69) is 11.8 Å². The van der Waals surface area contributed by atoms with Crippen LogP contribution in [0.5, 0.6) is 5.75 Å². The Kier molecular flexibility index (Phi) is 3.47. The van der Waals surface area contributed by atoms with Crippen molar-refractivity contribution in [2.75, 3.05) is 0 Å². The van der Waals surface area contributed by atoms with Crippen LogP contribution in [0, 0.1) is 11.8 Å². The van der Waals surface area contributed by atoms with Crippen molar-refractivity contribution in [2.45, 2.75) is 6.42 Å². The van der Waals surface area contributed by atoms with Gasteiger partial charge in [-0.25, -0.2) is 0 Å². The second-order valence-electron chi connectivity index (χ2n) is 2.84. The highest BCUT2D eigenvalue weighted by Crippen LogP contribution is 2.16. The molecule has 0 saturated carbocycles. The lowest BCUT2D eigenvalue weighted by molar-refractivity contribution is -0.117. The predicted molar refractivity (Wildman–Crippen MR) is 54.2 cm³/mol. The normalized spacial score (nSPS) is 8.80. The third-order valence-corrected chi connectivity index (χ3v) is 1.64. The monoisotopic (exact) mass is 203 g/mol. The van der Waals surface area contributed by atoms with Crippen LogP contribution in [0.1, 0.15) is 22.3 Å². The summed E-state index contributed by atoms with van der Waals surface area (Å²) in [6, 6.07) is 4.29. The highest BCUT2D eigenvalue weighted by molar-refractivity contribution is 5.78. The van der Waals surface area contributed by atoms with Crippen molar-refractivity contribution in [3.05, 3.63) is 29.3 Å². The predicted octanol–water partition coefficient (Wildman–Crippen LogP) is 0.432. The quantitative estimate of drug-likeness (QED) is 0.540. The first kappa shape index (κ1) is 10.8. The summed E-state index contributed by atoms with van der Waals surface area (Å²) >= 11 is 0. The maximum atomic E-state index is 10.4. The van der Waals surface area contributed by atoms with Crippen LogP contribution in [0.25, 0.3) is 0 Å². The fraction of sp³-hybridized carbons (Fsp3) is 0.0909. The second kappa shape index (κ2) is 4.82. The molecule has 0 heterocycles. The fourth-order valence-electron chi connectivity index (χ4n) is 0.954. The first-order valence-corrected chi connectivity index (χ1v) is 4.19. The van der Waals surface area contributed by atoms with Gasteiger partial charge in [-0.1, -0.05) is 11.8 Å². The molecule has 0 bridgehead atoms. The minimum Gasteiger partial charge on any atom is -0.507 e. The van der Waals surface area contributed by atoms with E-state index in [1.54, 1.807) is 0 Å². The number of carbonyl (C=O) groups is 2. The lowest BCUT2D eigenvalue weighted by Crippen LogP contribution is -2.08. The molecule has 0 aromatic heterocycles. The van der Waals surface area contributed by atoms with Gasteiger partial charge < -0.3 is 10.8 Å². The van der Waals surface area contributed by atoms with Gasteiger partial charge in [0.1, 0.15) is 12.0 Å². The van der Waals surface area contributed by atoms with Gasteiger partial charge in [-0.3, -0.25) is 9.59 Å². The smallest absolute Gasteiger partial charge is 0.229 e. The maximum absolute atomic E-state index is 10.4. The second-order valence-corrected chi connectivity index (χ2v) is 2.84. The highest BCUT2D eigenvalue weighted by atomic mass is 16.3. The Hall–Kier alpha value is -2.28. The first-order valence-electron chi connectivity index (χ1n) is 4.19. The third-order valence-electron chi connectivity index (χ3n) is 1.64. The molecule has 0 spiro atoms. The van der Waals surface area contributed by atoms with Gasteiger partial charge in [0.2, 0.25) is 5.91 Å². The largest absolute Gasteiger partial charge is 0.507 e. The number of nitrogens with two attached hydrogens (primary N) is 1. The number of benzene rings is 1. The summed E-state index contributed by atoms with van der Waals surface area (Å²) in [7, 11) is 0. The molecule has 1 aromatic carbocycles. The zero-order valence-corrected chi connectivity index (χ0v) is 7.86. The summed E-state index contributed by atoms with van der Waals surface area (Å²) < 4.78 is 0. The Labute approximate surface area is 86.7 Å². The molecule has 0 aliphatic rings. The molecule has 1 aromatic rings. The standard InChI is InChI=1S/C11H9NO3/c12-11(15)3-1-2-9-6-8(7-13)4-5-10(9)14/h4-7,14H,3H2,(H2,12,15). The van der Waals surface area contributed by atoms with Crippen molar-refractivity contribution >= 4 is 12.2 Å². The van der Waals surface area contributed by atoms with Gasteiger partial charge in [0, 0.05) is 5.56 Å². The molecule has 0 aliphatic heterocycles. The van der Waals surface area contributed by atoms with E-state index in [0.717, 1.165) is 0 Å². The Balaban J connectivity index is 2.95. The van der Waals surface area contributed by atoms with Crippen molar-refractivity contribution in [1.82, 2.24) is 0 Å². The summed E-state index contributed by atoms with van der Waals surface area (Å²) in [5.41, 5.74) is 5.61. The summed E-state index contributed by atoms with van der Waals surface area (Å²) in [5.74, 6) is 4.49. The van der Waals surface area contributed by atoms with Gasteiger partial charge in [-0.15, -0.1) is 0 Å². The minimum atomic E-state index is -0.534. The Bertz CT molecular complexity index is 455. The number of hydrogen-bond donors (Lipinski definition) is 2. The number of primary amides is 1. The molecule has 4 nitrogen and oxygen atoms in total. The van der Waals surface area contributed by atoms with Gasteiger partial charge in [-0.05, 0) is 18.2 Å². The van der Waals surface area contributed by atoms with Crippen molar-refractivity contribution < 1.29 is 14.7 Å². The summed E-state index contributed by atoms with van der Waals surface area (Å²) in [6.45, 7) is 0. The van der Waals surface area contributed by atoms with Crippen molar-refractivity contribution in [3.8, 4) is 17.6 Å². The number of aldehydes is 1. The number of amides is 1. The average molecular weight is 203 g/mol. The van der Waals surface area contributed by atoms with Crippen molar-refractivity contribution in [1.29, 1.82) is 0 Å². The zero-order valence-electron chi connectivity index (χ0n) is 7.86. The molecule has 0 radical (unpaired) electrons. The van der Waals surface area contributed by atoms with E-state index in [0.29, 0.717) is 17.4 Å². The maximum Gasteiger partial charge on any atom is 0.229 e. The van der Waals surface area contributed by atoms with Crippen LogP contribution in [-0.4, -0.2) is 17.3 Å². The molecule has 0 aliphatic carbocycles. The van der Waals surface area contributed by atoms with E-state index >= 15 is 0 Å². The number of rotatable bonds is 2. The highest BCUT2D eigenvalue weighted by Gasteiger charge is 1.99. The molecule has 0 atom stereocenters. The van der Waals surface area contributed by atoms with Crippen LogP contribution < -0.4 is 5.73 Å². The van der Waals surface area contributed by atoms with Crippen LogP contribution in [-0.2, 0) is 4.79 Å². The SMILES string of the molecule is NC(=O)CC#Cc1cc(C=O)ccc1O. The first-order chi connectivity index (χ1) is 7.13. The van der Waals surface area contributed by atoms with Gasteiger partial charge in [0.15, 0.2) is 0 Å². The molecule has 76 valence electrons. The molecular formula is C11H9NO3. The molecule has 1 amide bonds.